The molecule has 0 atom stereocenters. The first kappa shape index (κ1) is 26.5. The average molecular weight is 509 g/mol. The Morgan fingerprint density at radius 2 is 1.62 bits per heavy atom. The normalized spacial score (nSPS) is 18.1. The van der Waals surface area contributed by atoms with E-state index in [0.29, 0.717) is 25.7 Å². The van der Waals surface area contributed by atoms with E-state index in [-0.39, 0.29) is 30.1 Å². The molecule has 2 aliphatic rings. The average Bonchev–Trinajstić information content (AvgIpc) is 3.70. The molecule has 0 bridgehead atoms. The summed E-state index contributed by atoms with van der Waals surface area (Å²) in [5.41, 5.74) is 3.44. The summed E-state index contributed by atoms with van der Waals surface area (Å²) >= 11 is 0. The fourth-order valence-corrected chi connectivity index (χ4v) is 6.50. The molecule has 1 saturated heterocycles. The van der Waals surface area contributed by atoms with Crippen LogP contribution in [0.1, 0.15) is 45.4 Å². The number of hydroxylamine groups is 1. The number of carbonyl (C=O) groups is 1. The van der Waals surface area contributed by atoms with Gasteiger partial charge in [0, 0.05) is 19.1 Å². The van der Waals surface area contributed by atoms with E-state index in [1.807, 2.05) is 24.3 Å². The second kappa shape index (κ2) is 11.1. The van der Waals surface area contributed by atoms with Crippen LogP contribution in [0.5, 0.6) is 5.75 Å². The fourth-order valence-electron chi connectivity index (χ4n) is 4.54. The minimum absolute atomic E-state index is 0. The van der Waals surface area contributed by atoms with E-state index < -0.39 is 20.5 Å². The van der Waals surface area contributed by atoms with Crippen molar-refractivity contribution in [1.29, 1.82) is 0 Å². The topological polar surface area (TPSA) is 95.9 Å². The maximum absolute atomic E-state index is 13.6. The van der Waals surface area contributed by atoms with Crippen molar-refractivity contribution in [2.75, 3.05) is 19.7 Å². The number of ether oxygens (including phenoxy) is 1. The zero-order chi connectivity index (χ0) is 23.5. The standard InChI is InChI=1S/C25H32N2O5S.ClH/c1-2-3-18-32-22-10-4-19(5-11-22)20-6-12-23(13-7-20)33(30,31)25(24(28)26-29)14-16-27(17-15-25)21-8-9-21;/h4-7,10-13,21,29H,2-3,8-9,14-18H2,1H3,(H,26,28);1H. The minimum atomic E-state index is -4.00. The summed E-state index contributed by atoms with van der Waals surface area (Å²) in [6.07, 6.45) is 4.66. The Kier molecular flexibility index (Phi) is 8.62. The molecular weight excluding hydrogens is 476 g/mol. The summed E-state index contributed by atoms with van der Waals surface area (Å²) in [5.74, 6) is -0.0402. The number of amides is 1. The van der Waals surface area contributed by atoms with Crippen LogP contribution in [0.15, 0.2) is 53.4 Å². The van der Waals surface area contributed by atoms with Gasteiger partial charge < -0.3 is 9.64 Å². The molecule has 0 spiro atoms. The van der Waals surface area contributed by atoms with Gasteiger partial charge in [0.15, 0.2) is 14.6 Å². The third-order valence-corrected chi connectivity index (χ3v) is 9.33. The molecule has 2 aromatic rings. The highest BCUT2D eigenvalue weighted by atomic mass is 35.5. The van der Waals surface area contributed by atoms with Gasteiger partial charge in [-0.1, -0.05) is 37.6 Å². The van der Waals surface area contributed by atoms with Crippen LogP contribution in [0.4, 0.5) is 0 Å². The molecule has 7 nitrogen and oxygen atoms in total. The van der Waals surface area contributed by atoms with Gasteiger partial charge in [-0.3, -0.25) is 10.0 Å². The van der Waals surface area contributed by atoms with Gasteiger partial charge in [0.25, 0.3) is 5.91 Å². The van der Waals surface area contributed by atoms with Crippen molar-refractivity contribution in [3.63, 3.8) is 0 Å². The molecule has 186 valence electrons. The molecule has 0 unspecified atom stereocenters. The van der Waals surface area contributed by atoms with Gasteiger partial charge >= 0.3 is 0 Å². The largest absolute Gasteiger partial charge is 0.494 e. The van der Waals surface area contributed by atoms with Gasteiger partial charge in [0.1, 0.15) is 5.75 Å². The molecule has 4 rings (SSSR count). The molecule has 1 amide bonds. The van der Waals surface area contributed by atoms with E-state index in [0.717, 1.165) is 42.6 Å². The van der Waals surface area contributed by atoms with Crippen molar-refractivity contribution in [3.05, 3.63) is 48.5 Å². The molecule has 9 heteroatoms. The quantitative estimate of drug-likeness (QED) is 0.299. The zero-order valence-electron chi connectivity index (χ0n) is 19.4. The highest BCUT2D eigenvalue weighted by Crippen LogP contribution is 2.39. The maximum Gasteiger partial charge on any atom is 0.265 e. The number of halogens is 1. The molecule has 1 aliphatic heterocycles. The first-order chi connectivity index (χ1) is 15.9. The summed E-state index contributed by atoms with van der Waals surface area (Å²) < 4.78 is 31.3. The molecule has 34 heavy (non-hydrogen) atoms. The number of sulfone groups is 1. The van der Waals surface area contributed by atoms with Crippen LogP contribution in [-0.4, -0.2) is 54.9 Å². The predicted octanol–water partition coefficient (Wildman–Crippen LogP) is 4.23. The number of unbranched alkanes of at least 4 members (excludes halogenated alkanes) is 1. The van der Waals surface area contributed by atoms with Gasteiger partial charge in [-0.2, -0.15) is 0 Å². The lowest BCUT2D eigenvalue weighted by Crippen LogP contribution is -2.58. The highest BCUT2D eigenvalue weighted by molar-refractivity contribution is 7.93. The van der Waals surface area contributed by atoms with Crippen molar-refractivity contribution in [1.82, 2.24) is 10.4 Å². The maximum atomic E-state index is 13.6. The molecule has 2 aromatic carbocycles. The number of hydrogen-bond acceptors (Lipinski definition) is 6. The summed E-state index contributed by atoms with van der Waals surface area (Å²) in [6, 6.07) is 14.8. The molecular formula is C25H33ClN2O5S. The number of benzene rings is 2. The number of nitrogens with one attached hydrogen (secondary N) is 1. The van der Waals surface area contributed by atoms with Gasteiger partial charge in [-0.25, -0.2) is 13.9 Å². The van der Waals surface area contributed by atoms with Gasteiger partial charge in [0.2, 0.25) is 0 Å². The van der Waals surface area contributed by atoms with E-state index in [1.165, 1.54) is 0 Å². The molecule has 2 fully saturated rings. The molecule has 2 N–H and O–H groups in total. The van der Waals surface area contributed by atoms with E-state index in [2.05, 4.69) is 11.8 Å². The van der Waals surface area contributed by atoms with Crippen LogP contribution in [-0.2, 0) is 14.6 Å². The molecule has 1 heterocycles. The first-order valence-electron chi connectivity index (χ1n) is 11.7. The molecule has 0 aromatic heterocycles. The third-order valence-electron chi connectivity index (χ3n) is 6.82. The molecule has 1 aliphatic carbocycles. The predicted molar refractivity (Wildman–Crippen MR) is 133 cm³/mol. The number of piperidine rings is 1. The van der Waals surface area contributed by atoms with Gasteiger partial charge in [-0.15, -0.1) is 12.4 Å². The Bertz CT molecular complexity index is 1060. The lowest BCUT2D eigenvalue weighted by atomic mass is 9.94. The van der Waals surface area contributed by atoms with Crippen LogP contribution >= 0.6 is 12.4 Å². The van der Waals surface area contributed by atoms with Crippen LogP contribution < -0.4 is 10.2 Å². The summed E-state index contributed by atoms with van der Waals surface area (Å²) in [6.45, 7) is 3.86. The number of nitrogens with zero attached hydrogens (tertiary/aromatic N) is 1. The van der Waals surface area contributed by atoms with Crippen molar-refractivity contribution in [2.24, 2.45) is 0 Å². The van der Waals surface area contributed by atoms with Gasteiger partial charge in [0.05, 0.1) is 11.5 Å². The van der Waals surface area contributed by atoms with Crippen LogP contribution in [0, 0.1) is 0 Å². The second-order valence-electron chi connectivity index (χ2n) is 8.96. The van der Waals surface area contributed by atoms with Crippen LogP contribution in [0.3, 0.4) is 0 Å². The Balaban J connectivity index is 0.00000324. The van der Waals surface area contributed by atoms with Crippen LogP contribution in [0.25, 0.3) is 11.1 Å². The monoisotopic (exact) mass is 508 g/mol. The Morgan fingerprint density at radius 1 is 1.06 bits per heavy atom. The van der Waals surface area contributed by atoms with Crippen molar-refractivity contribution >= 4 is 28.2 Å². The second-order valence-corrected chi connectivity index (χ2v) is 11.2. The van der Waals surface area contributed by atoms with E-state index in [9.17, 15) is 18.4 Å². The summed E-state index contributed by atoms with van der Waals surface area (Å²) in [5, 5.41) is 9.35. The zero-order valence-corrected chi connectivity index (χ0v) is 21.0. The lowest BCUT2D eigenvalue weighted by Gasteiger charge is -2.39. The fraction of sp³-hybridized carbons (Fsp3) is 0.480. The Labute approximate surface area is 207 Å². The minimum Gasteiger partial charge on any atom is -0.494 e. The smallest absolute Gasteiger partial charge is 0.265 e. The van der Waals surface area contributed by atoms with E-state index >= 15 is 0 Å². The molecule has 1 saturated carbocycles. The van der Waals surface area contributed by atoms with Crippen LogP contribution in [0.2, 0.25) is 0 Å². The highest BCUT2D eigenvalue weighted by Gasteiger charge is 2.53. The summed E-state index contributed by atoms with van der Waals surface area (Å²) in [7, 11) is -4.00. The Hall–Kier alpha value is -2.13. The first-order valence-corrected chi connectivity index (χ1v) is 13.2. The van der Waals surface area contributed by atoms with E-state index in [1.54, 1.807) is 29.7 Å². The Morgan fingerprint density at radius 3 is 2.12 bits per heavy atom. The number of rotatable bonds is 9. The SMILES string of the molecule is CCCCOc1ccc(-c2ccc(S(=O)(=O)C3(C(=O)NO)CCN(C4CC4)CC3)cc2)cc1.Cl. The van der Waals surface area contributed by atoms with Crippen molar-refractivity contribution in [2.45, 2.75) is 61.1 Å². The van der Waals surface area contributed by atoms with Crippen molar-refractivity contribution < 1.29 is 23.2 Å². The number of carbonyl (C=O) groups excluding carboxylic acids is 1. The van der Waals surface area contributed by atoms with Crippen molar-refractivity contribution in [3.8, 4) is 16.9 Å². The lowest BCUT2D eigenvalue weighted by molar-refractivity contribution is -0.133. The molecule has 0 radical (unpaired) electrons. The van der Waals surface area contributed by atoms with Gasteiger partial charge in [-0.05, 0) is 67.5 Å². The van der Waals surface area contributed by atoms with E-state index in [4.69, 9.17) is 4.74 Å². The third kappa shape index (κ3) is 5.25. The summed E-state index contributed by atoms with van der Waals surface area (Å²) in [4.78, 5) is 15.0. The number of likely N-dealkylation sites (tertiary alicyclic amines) is 1. The number of hydrogen-bond donors (Lipinski definition) is 2.